The van der Waals surface area contributed by atoms with E-state index >= 15 is 0 Å². The molecule has 0 amide bonds. The van der Waals surface area contributed by atoms with Gasteiger partial charge in [0.25, 0.3) is 0 Å². The highest BCUT2D eigenvalue weighted by Gasteiger charge is 2.23. The minimum Gasteiger partial charge on any atom is -0.301 e. The molecule has 1 rings (SSSR count). The van der Waals surface area contributed by atoms with Gasteiger partial charge in [-0.05, 0) is 26.8 Å². The van der Waals surface area contributed by atoms with Crippen LogP contribution < -0.4 is 0 Å². The number of nitrogens with zero attached hydrogens (tertiary/aromatic N) is 2. The van der Waals surface area contributed by atoms with E-state index in [9.17, 15) is 8.42 Å². The SMILES string of the molecule is CC(C)(C#N)CCN1CCS(=O)(=O)CC1. The molecule has 1 aliphatic rings. The first kappa shape index (κ1) is 12.5. The van der Waals surface area contributed by atoms with Crippen molar-refractivity contribution < 1.29 is 8.42 Å². The Morgan fingerprint density at radius 3 is 2.33 bits per heavy atom. The lowest BCUT2D eigenvalue weighted by molar-refractivity contribution is 0.258. The first-order valence-corrected chi connectivity index (χ1v) is 7.01. The molecule has 0 spiro atoms. The fourth-order valence-corrected chi connectivity index (χ4v) is 2.74. The molecule has 0 aromatic carbocycles. The molecule has 0 aliphatic carbocycles. The monoisotopic (exact) mass is 230 g/mol. The van der Waals surface area contributed by atoms with E-state index in [2.05, 4.69) is 11.0 Å². The maximum absolute atomic E-state index is 11.2. The van der Waals surface area contributed by atoms with Gasteiger partial charge in [-0.15, -0.1) is 0 Å². The van der Waals surface area contributed by atoms with Crippen molar-refractivity contribution in [3.05, 3.63) is 0 Å². The third-order valence-electron chi connectivity index (χ3n) is 2.79. The standard InChI is InChI=1S/C10H18N2O2S/c1-10(2,9-11)3-4-12-5-7-15(13,14)8-6-12/h3-8H2,1-2H3. The molecule has 4 nitrogen and oxygen atoms in total. The van der Waals surface area contributed by atoms with Crippen LogP contribution in [0.5, 0.6) is 0 Å². The zero-order chi connectivity index (χ0) is 11.5. The third kappa shape index (κ3) is 4.18. The van der Waals surface area contributed by atoms with E-state index in [0.29, 0.717) is 13.1 Å². The van der Waals surface area contributed by atoms with E-state index in [1.807, 2.05) is 13.8 Å². The summed E-state index contributed by atoms with van der Waals surface area (Å²) < 4.78 is 22.3. The van der Waals surface area contributed by atoms with Crippen molar-refractivity contribution in [2.75, 3.05) is 31.1 Å². The summed E-state index contributed by atoms with van der Waals surface area (Å²) in [6.07, 6.45) is 0.795. The topological polar surface area (TPSA) is 61.2 Å². The summed E-state index contributed by atoms with van der Waals surface area (Å²) in [7, 11) is -2.78. The number of hydrogen-bond donors (Lipinski definition) is 0. The van der Waals surface area contributed by atoms with Crippen molar-refractivity contribution in [3.63, 3.8) is 0 Å². The number of hydrogen-bond acceptors (Lipinski definition) is 4. The average Bonchev–Trinajstić information content (AvgIpc) is 2.16. The predicted octanol–water partition coefficient (Wildman–Crippen LogP) is 0.657. The highest BCUT2D eigenvalue weighted by Crippen LogP contribution is 2.19. The van der Waals surface area contributed by atoms with Gasteiger partial charge >= 0.3 is 0 Å². The molecule has 0 radical (unpaired) electrons. The molecule has 1 fully saturated rings. The Bertz CT molecular complexity index is 340. The fraction of sp³-hybridized carbons (Fsp3) is 0.900. The van der Waals surface area contributed by atoms with Gasteiger partial charge in [-0.2, -0.15) is 5.26 Å². The van der Waals surface area contributed by atoms with Gasteiger partial charge in [0.05, 0.1) is 23.0 Å². The molecule has 1 heterocycles. The summed E-state index contributed by atoms with van der Waals surface area (Å²) in [5.74, 6) is 0.528. The van der Waals surface area contributed by atoms with Gasteiger partial charge in [-0.1, -0.05) is 0 Å². The summed E-state index contributed by atoms with van der Waals surface area (Å²) >= 11 is 0. The Hall–Kier alpha value is -0.600. The molecular formula is C10H18N2O2S. The molecular weight excluding hydrogens is 212 g/mol. The van der Waals surface area contributed by atoms with Gasteiger partial charge in [0, 0.05) is 13.1 Å². The van der Waals surface area contributed by atoms with Crippen molar-refractivity contribution in [1.82, 2.24) is 4.90 Å². The van der Waals surface area contributed by atoms with E-state index in [0.717, 1.165) is 13.0 Å². The van der Waals surface area contributed by atoms with E-state index in [4.69, 9.17) is 5.26 Å². The first-order chi connectivity index (χ1) is 6.85. The first-order valence-electron chi connectivity index (χ1n) is 5.19. The molecule has 1 aliphatic heterocycles. The largest absolute Gasteiger partial charge is 0.301 e. The molecule has 0 aromatic heterocycles. The van der Waals surface area contributed by atoms with Gasteiger partial charge in [0.15, 0.2) is 9.84 Å². The van der Waals surface area contributed by atoms with Crippen molar-refractivity contribution in [3.8, 4) is 6.07 Å². The van der Waals surface area contributed by atoms with Gasteiger partial charge in [-0.3, -0.25) is 0 Å². The zero-order valence-electron chi connectivity index (χ0n) is 9.36. The highest BCUT2D eigenvalue weighted by molar-refractivity contribution is 7.91. The maximum atomic E-state index is 11.2. The number of rotatable bonds is 3. The van der Waals surface area contributed by atoms with Crippen molar-refractivity contribution in [2.45, 2.75) is 20.3 Å². The van der Waals surface area contributed by atoms with Crippen LogP contribution in [0.4, 0.5) is 0 Å². The van der Waals surface area contributed by atoms with E-state index < -0.39 is 9.84 Å². The Morgan fingerprint density at radius 2 is 1.87 bits per heavy atom. The summed E-state index contributed by atoms with van der Waals surface area (Å²) in [4.78, 5) is 2.13. The Balaban J connectivity index is 2.35. The smallest absolute Gasteiger partial charge is 0.152 e. The summed E-state index contributed by atoms with van der Waals surface area (Å²) in [6, 6.07) is 2.25. The molecule has 0 atom stereocenters. The van der Waals surface area contributed by atoms with Crippen molar-refractivity contribution >= 4 is 9.84 Å². The van der Waals surface area contributed by atoms with Gasteiger partial charge in [0.2, 0.25) is 0 Å². The predicted molar refractivity (Wildman–Crippen MR) is 59.1 cm³/mol. The fourth-order valence-electron chi connectivity index (χ4n) is 1.47. The van der Waals surface area contributed by atoms with Crippen LogP contribution in [0.1, 0.15) is 20.3 Å². The third-order valence-corrected chi connectivity index (χ3v) is 4.40. The van der Waals surface area contributed by atoms with Gasteiger partial charge < -0.3 is 4.90 Å². The summed E-state index contributed by atoms with van der Waals surface area (Å²) in [5, 5.41) is 8.84. The van der Waals surface area contributed by atoms with Crippen LogP contribution in [-0.2, 0) is 9.84 Å². The Morgan fingerprint density at radius 1 is 1.33 bits per heavy atom. The average molecular weight is 230 g/mol. The van der Waals surface area contributed by atoms with Crippen LogP contribution in [-0.4, -0.2) is 44.5 Å². The second-order valence-corrected chi connectivity index (χ2v) is 7.04. The van der Waals surface area contributed by atoms with Crippen LogP contribution in [0, 0.1) is 16.7 Å². The van der Waals surface area contributed by atoms with Gasteiger partial charge in [-0.25, -0.2) is 8.42 Å². The second kappa shape index (κ2) is 4.50. The van der Waals surface area contributed by atoms with Crippen molar-refractivity contribution in [1.29, 1.82) is 5.26 Å². The maximum Gasteiger partial charge on any atom is 0.152 e. The van der Waals surface area contributed by atoms with Gasteiger partial charge in [0.1, 0.15) is 0 Å². The van der Waals surface area contributed by atoms with Crippen LogP contribution in [0.15, 0.2) is 0 Å². The molecule has 1 saturated heterocycles. The normalized spacial score (nSPS) is 22.2. The lowest BCUT2D eigenvalue weighted by atomic mass is 9.91. The molecule has 0 aromatic rings. The van der Waals surface area contributed by atoms with Crippen LogP contribution in [0.2, 0.25) is 0 Å². The van der Waals surface area contributed by atoms with E-state index in [1.165, 1.54) is 0 Å². The summed E-state index contributed by atoms with van der Waals surface area (Å²) in [5.41, 5.74) is -0.309. The number of sulfone groups is 1. The minimum atomic E-state index is -2.78. The lowest BCUT2D eigenvalue weighted by Gasteiger charge is -2.28. The van der Waals surface area contributed by atoms with Crippen molar-refractivity contribution in [2.24, 2.45) is 5.41 Å². The molecule has 86 valence electrons. The molecule has 0 N–H and O–H groups in total. The van der Waals surface area contributed by atoms with E-state index in [-0.39, 0.29) is 16.9 Å². The molecule has 0 bridgehead atoms. The Labute approximate surface area is 91.8 Å². The molecule has 5 heteroatoms. The van der Waals surface area contributed by atoms with Crippen LogP contribution >= 0.6 is 0 Å². The highest BCUT2D eigenvalue weighted by atomic mass is 32.2. The molecule has 15 heavy (non-hydrogen) atoms. The van der Waals surface area contributed by atoms with Crippen LogP contribution in [0.25, 0.3) is 0 Å². The second-order valence-electron chi connectivity index (χ2n) is 4.74. The lowest BCUT2D eigenvalue weighted by Crippen LogP contribution is -2.41. The minimum absolute atomic E-state index is 0.264. The summed E-state index contributed by atoms with van der Waals surface area (Å²) in [6.45, 7) is 5.87. The molecule has 0 saturated carbocycles. The quantitative estimate of drug-likeness (QED) is 0.714. The zero-order valence-corrected chi connectivity index (χ0v) is 10.2. The van der Waals surface area contributed by atoms with E-state index in [1.54, 1.807) is 0 Å². The van der Waals surface area contributed by atoms with Crippen LogP contribution in [0.3, 0.4) is 0 Å². The molecule has 0 unspecified atom stereocenters. The number of nitriles is 1. The Kier molecular flexibility index (Phi) is 3.74.